The fraction of sp³-hybridized carbons (Fsp3) is 0.667. The number of piperazine rings is 1. The molecule has 1 aromatic rings. The van der Waals surface area contributed by atoms with Crippen LogP contribution >= 0.6 is 15.9 Å². The van der Waals surface area contributed by atoms with Crippen LogP contribution in [0.1, 0.15) is 44.1 Å². The molecule has 1 heterocycles. The average Bonchev–Trinajstić information content (AvgIpc) is 2.77. The summed E-state index contributed by atoms with van der Waals surface area (Å²) in [6.45, 7) is 6.07. The van der Waals surface area contributed by atoms with E-state index in [0.717, 1.165) is 12.6 Å². The number of halogens is 1. The predicted octanol–water partition coefficient (Wildman–Crippen LogP) is 4.29. The quantitative estimate of drug-likeness (QED) is 0.750. The molecule has 2 fully saturated rings. The van der Waals surface area contributed by atoms with Crippen molar-refractivity contribution in [3.05, 3.63) is 34.3 Å². The van der Waals surface area contributed by atoms with Gasteiger partial charge in [-0.2, -0.15) is 0 Å². The minimum Gasteiger partial charge on any atom is -0.298 e. The molecule has 1 aromatic carbocycles. The fourth-order valence-electron chi connectivity index (χ4n) is 3.80. The van der Waals surface area contributed by atoms with Gasteiger partial charge in [-0.3, -0.25) is 9.80 Å². The van der Waals surface area contributed by atoms with Gasteiger partial charge in [0.05, 0.1) is 0 Å². The molecule has 3 rings (SSSR count). The minimum absolute atomic E-state index is 0.875. The monoisotopic (exact) mass is 350 g/mol. The van der Waals surface area contributed by atoms with Crippen molar-refractivity contribution in [3.8, 4) is 0 Å². The number of nitrogens with zero attached hydrogens (tertiary/aromatic N) is 2. The largest absolute Gasteiger partial charge is 0.298 e. The first-order valence-corrected chi connectivity index (χ1v) is 9.31. The molecule has 0 aromatic heterocycles. The molecule has 0 bridgehead atoms. The van der Waals surface area contributed by atoms with Gasteiger partial charge in [0.1, 0.15) is 0 Å². The molecule has 21 heavy (non-hydrogen) atoms. The zero-order valence-electron chi connectivity index (χ0n) is 12.9. The van der Waals surface area contributed by atoms with E-state index >= 15 is 0 Å². The lowest BCUT2D eigenvalue weighted by Crippen LogP contribution is -2.49. The molecule has 0 unspecified atom stereocenters. The summed E-state index contributed by atoms with van der Waals surface area (Å²) in [5.41, 5.74) is 1.42. The molecule has 0 amide bonds. The Balaban J connectivity index is 1.48. The van der Waals surface area contributed by atoms with E-state index in [-0.39, 0.29) is 0 Å². The van der Waals surface area contributed by atoms with E-state index in [1.807, 2.05) is 0 Å². The summed E-state index contributed by atoms with van der Waals surface area (Å²) in [5.74, 6) is 0. The smallest absolute Gasteiger partial charge is 0.0235 e. The van der Waals surface area contributed by atoms with Crippen LogP contribution < -0.4 is 0 Å². The zero-order chi connectivity index (χ0) is 14.5. The van der Waals surface area contributed by atoms with Crippen molar-refractivity contribution in [1.82, 2.24) is 9.80 Å². The molecule has 2 aliphatic rings. The second kappa shape index (κ2) is 7.75. The van der Waals surface area contributed by atoms with E-state index in [1.165, 1.54) is 74.7 Å². The van der Waals surface area contributed by atoms with Crippen molar-refractivity contribution in [2.24, 2.45) is 0 Å². The summed E-state index contributed by atoms with van der Waals surface area (Å²) < 4.78 is 1.19. The lowest BCUT2D eigenvalue weighted by molar-refractivity contribution is 0.0851. The van der Waals surface area contributed by atoms with Gasteiger partial charge in [0.25, 0.3) is 0 Å². The number of rotatable bonds is 3. The highest BCUT2D eigenvalue weighted by Gasteiger charge is 2.24. The molecule has 1 aliphatic heterocycles. The molecule has 0 spiro atoms. The Bertz CT molecular complexity index is 433. The van der Waals surface area contributed by atoms with Crippen molar-refractivity contribution < 1.29 is 0 Å². The maximum Gasteiger partial charge on any atom is 0.0235 e. The number of benzene rings is 1. The molecule has 2 nitrogen and oxygen atoms in total. The zero-order valence-corrected chi connectivity index (χ0v) is 14.5. The standard InChI is InChI=1S/C18H27BrN2/c19-17-7-5-6-16(14-17)15-20-10-12-21(13-11-20)18-8-3-1-2-4-9-18/h5-7,14,18H,1-4,8-13,15H2. The van der Waals surface area contributed by atoms with E-state index in [0.29, 0.717) is 0 Å². The van der Waals surface area contributed by atoms with E-state index in [4.69, 9.17) is 0 Å². The van der Waals surface area contributed by atoms with Crippen molar-refractivity contribution in [2.75, 3.05) is 26.2 Å². The molecule has 1 saturated carbocycles. The van der Waals surface area contributed by atoms with Crippen molar-refractivity contribution >= 4 is 15.9 Å². The van der Waals surface area contributed by atoms with Crippen LogP contribution in [0.3, 0.4) is 0 Å². The number of hydrogen-bond donors (Lipinski definition) is 0. The Morgan fingerprint density at radius 2 is 1.67 bits per heavy atom. The Morgan fingerprint density at radius 3 is 2.33 bits per heavy atom. The fourth-order valence-corrected chi connectivity index (χ4v) is 4.25. The lowest BCUT2D eigenvalue weighted by atomic mass is 10.1. The molecule has 0 radical (unpaired) electrons. The Labute approximate surface area is 137 Å². The van der Waals surface area contributed by atoms with Crippen molar-refractivity contribution in [1.29, 1.82) is 0 Å². The highest BCUT2D eigenvalue weighted by Crippen LogP contribution is 2.23. The summed E-state index contributed by atoms with van der Waals surface area (Å²) in [6, 6.07) is 9.61. The van der Waals surface area contributed by atoms with Crippen LogP contribution in [0.15, 0.2) is 28.7 Å². The highest BCUT2D eigenvalue weighted by atomic mass is 79.9. The first kappa shape index (κ1) is 15.5. The molecule has 1 aliphatic carbocycles. The lowest BCUT2D eigenvalue weighted by Gasteiger charge is -2.39. The van der Waals surface area contributed by atoms with E-state index in [1.54, 1.807) is 0 Å². The summed E-state index contributed by atoms with van der Waals surface area (Å²) in [4.78, 5) is 5.37. The Hall–Kier alpha value is -0.380. The predicted molar refractivity (Wildman–Crippen MR) is 92.5 cm³/mol. The molecule has 3 heteroatoms. The third-order valence-corrected chi connectivity index (χ3v) is 5.54. The second-order valence-electron chi connectivity index (χ2n) is 6.59. The van der Waals surface area contributed by atoms with Crippen LogP contribution in [0.25, 0.3) is 0 Å². The molecule has 0 atom stereocenters. The van der Waals surface area contributed by atoms with Gasteiger partial charge in [-0.05, 0) is 30.5 Å². The molecular weight excluding hydrogens is 324 g/mol. The molecule has 0 N–H and O–H groups in total. The first-order chi connectivity index (χ1) is 10.3. The van der Waals surface area contributed by atoms with Crippen LogP contribution in [0.2, 0.25) is 0 Å². The van der Waals surface area contributed by atoms with Gasteiger partial charge in [-0.25, -0.2) is 0 Å². The van der Waals surface area contributed by atoms with E-state index < -0.39 is 0 Å². The van der Waals surface area contributed by atoms with Gasteiger partial charge in [-0.15, -0.1) is 0 Å². The van der Waals surface area contributed by atoms with Gasteiger partial charge in [0, 0.05) is 43.2 Å². The van der Waals surface area contributed by atoms with Crippen LogP contribution in [-0.4, -0.2) is 42.0 Å². The SMILES string of the molecule is Brc1cccc(CN2CCN(C3CCCCCC3)CC2)c1. The van der Waals surface area contributed by atoms with Gasteiger partial charge >= 0.3 is 0 Å². The summed E-state index contributed by atoms with van der Waals surface area (Å²) in [6.07, 6.45) is 8.68. The van der Waals surface area contributed by atoms with Gasteiger partial charge < -0.3 is 0 Å². The Morgan fingerprint density at radius 1 is 0.952 bits per heavy atom. The maximum absolute atomic E-state index is 3.57. The van der Waals surface area contributed by atoms with Crippen molar-refractivity contribution in [2.45, 2.75) is 51.1 Å². The Kier molecular flexibility index (Phi) is 5.73. The summed E-state index contributed by atoms with van der Waals surface area (Å²) in [7, 11) is 0. The van der Waals surface area contributed by atoms with Crippen LogP contribution in [0.5, 0.6) is 0 Å². The second-order valence-corrected chi connectivity index (χ2v) is 7.50. The molecule has 1 saturated heterocycles. The number of hydrogen-bond acceptors (Lipinski definition) is 2. The summed E-state index contributed by atoms with van der Waals surface area (Å²) >= 11 is 3.57. The van der Waals surface area contributed by atoms with Crippen LogP contribution in [0.4, 0.5) is 0 Å². The van der Waals surface area contributed by atoms with Gasteiger partial charge in [-0.1, -0.05) is 53.7 Å². The minimum atomic E-state index is 0.875. The average molecular weight is 351 g/mol. The first-order valence-electron chi connectivity index (χ1n) is 8.52. The van der Waals surface area contributed by atoms with E-state index in [9.17, 15) is 0 Å². The van der Waals surface area contributed by atoms with Crippen molar-refractivity contribution in [3.63, 3.8) is 0 Å². The van der Waals surface area contributed by atoms with E-state index in [2.05, 4.69) is 50.0 Å². The third-order valence-electron chi connectivity index (χ3n) is 5.04. The normalized spacial score (nSPS) is 23.1. The highest BCUT2D eigenvalue weighted by molar-refractivity contribution is 9.10. The van der Waals surface area contributed by atoms with Gasteiger partial charge in [0.2, 0.25) is 0 Å². The van der Waals surface area contributed by atoms with Crippen LogP contribution in [0, 0.1) is 0 Å². The molecule has 116 valence electrons. The van der Waals surface area contributed by atoms with Crippen LogP contribution in [-0.2, 0) is 6.54 Å². The topological polar surface area (TPSA) is 6.48 Å². The molecular formula is C18H27BrN2. The maximum atomic E-state index is 3.57. The summed E-state index contributed by atoms with van der Waals surface area (Å²) in [5, 5.41) is 0. The third kappa shape index (κ3) is 4.54. The van der Waals surface area contributed by atoms with Gasteiger partial charge in [0.15, 0.2) is 0 Å².